The van der Waals surface area contributed by atoms with Crippen molar-refractivity contribution in [1.29, 1.82) is 0 Å². The molecule has 3 N–H and O–H groups in total. The molecule has 94 valence electrons. The van der Waals surface area contributed by atoms with Crippen LogP contribution in [0.1, 0.15) is 24.8 Å². The van der Waals surface area contributed by atoms with Crippen molar-refractivity contribution in [2.75, 3.05) is 13.1 Å². The number of nitrogens with one attached hydrogen (secondary N) is 1. The Hall–Kier alpha value is -0.640. The lowest BCUT2D eigenvalue weighted by Crippen LogP contribution is -2.45. The highest BCUT2D eigenvalue weighted by Crippen LogP contribution is 2.39. The minimum absolute atomic E-state index is 0.211. The number of hydrogen-bond donors (Lipinski definition) is 2. The molecule has 1 saturated carbocycles. The fourth-order valence-corrected chi connectivity index (χ4v) is 2.47. The van der Waals surface area contributed by atoms with Crippen LogP contribution < -0.4 is 11.1 Å². The van der Waals surface area contributed by atoms with E-state index in [1.165, 1.54) is 25.3 Å². The molecule has 4 heteroatoms. The zero-order chi connectivity index (χ0) is 12.3. The molecule has 0 saturated heterocycles. The lowest BCUT2D eigenvalue weighted by Gasteiger charge is -2.41. The first kappa shape index (κ1) is 12.8. The van der Waals surface area contributed by atoms with Crippen LogP contribution in [-0.4, -0.2) is 13.1 Å². The zero-order valence-electron chi connectivity index (χ0n) is 9.81. The second-order valence-electron chi connectivity index (χ2n) is 4.90. The van der Waals surface area contributed by atoms with Gasteiger partial charge in [0.25, 0.3) is 0 Å². The van der Waals surface area contributed by atoms with Crippen molar-refractivity contribution in [3.05, 3.63) is 34.6 Å². The van der Waals surface area contributed by atoms with E-state index < -0.39 is 0 Å². The molecule has 17 heavy (non-hydrogen) atoms. The normalized spacial score (nSPS) is 17.8. The Labute approximate surface area is 106 Å². The predicted molar refractivity (Wildman–Crippen MR) is 68.5 cm³/mol. The molecule has 0 heterocycles. The van der Waals surface area contributed by atoms with Crippen molar-refractivity contribution in [2.45, 2.75) is 25.8 Å². The lowest BCUT2D eigenvalue weighted by atomic mass is 9.69. The Balaban J connectivity index is 1.87. The fourth-order valence-electron chi connectivity index (χ4n) is 2.27. The third-order valence-corrected chi connectivity index (χ3v) is 3.91. The summed E-state index contributed by atoms with van der Waals surface area (Å²) in [7, 11) is 0. The summed E-state index contributed by atoms with van der Waals surface area (Å²) >= 11 is 5.84. The van der Waals surface area contributed by atoms with E-state index >= 15 is 0 Å². The van der Waals surface area contributed by atoms with E-state index in [0.29, 0.717) is 23.7 Å². The number of hydrogen-bond acceptors (Lipinski definition) is 2. The number of benzene rings is 1. The molecule has 1 aliphatic carbocycles. The summed E-state index contributed by atoms with van der Waals surface area (Å²) in [5, 5.41) is 3.85. The number of halogens is 2. The van der Waals surface area contributed by atoms with Gasteiger partial charge in [-0.1, -0.05) is 18.0 Å². The average Bonchev–Trinajstić information content (AvgIpc) is 2.27. The molecule has 1 aromatic carbocycles. The smallest absolute Gasteiger partial charge is 0.127 e. The predicted octanol–water partition coefficient (Wildman–Crippen LogP) is 2.70. The molecule has 0 aliphatic heterocycles. The first-order valence-electron chi connectivity index (χ1n) is 6.00. The lowest BCUT2D eigenvalue weighted by molar-refractivity contribution is 0.140. The molecule has 0 atom stereocenters. The van der Waals surface area contributed by atoms with Crippen LogP contribution in [0.5, 0.6) is 0 Å². The van der Waals surface area contributed by atoms with Crippen LogP contribution in [0, 0.1) is 11.2 Å². The monoisotopic (exact) mass is 256 g/mol. The van der Waals surface area contributed by atoms with Crippen molar-refractivity contribution >= 4 is 11.6 Å². The summed E-state index contributed by atoms with van der Waals surface area (Å²) in [5.41, 5.74) is 6.63. The van der Waals surface area contributed by atoms with Crippen molar-refractivity contribution in [2.24, 2.45) is 11.1 Å². The molecule has 0 unspecified atom stereocenters. The van der Waals surface area contributed by atoms with Crippen molar-refractivity contribution in [1.82, 2.24) is 5.32 Å². The minimum Gasteiger partial charge on any atom is -0.330 e. The Kier molecular flexibility index (Phi) is 4.02. The standard InChI is InChI=1S/C13H18ClFN2/c14-11-2-3-12(15)10(6-11)7-17-9-13(8-16)4-1-5-13/h2-3,6,17H,1,4-5,7-9,16H2. The van der Waals surface area contributed by atoms with E-state index in [9.17, 15) is 4.39 Å². The van der Waals surface area contributed by atoms with Crippen LogP contribution in [0.2, 0.25) is 5.02 Å². The van der Waals surface area contributed by atoms with Gasteiger partial charge >= 0.3 is 0 Å². The van der Waals surface area contributed by atoms with Crippen molar-refractivity contribution in [3.8, 4) is 0 Å². The first-order chi connectivity index (χ1) is 8.15. The van der Waals surface area contributed by atoms with Crippen molar-refractivity contribution < 1.29 is 4.39 Å². The average molecular weight is 257 g/mol. The molecule has 0 bridgehead atoms. The molecule has 0 radical (unpaired) electrons. The summed E-state index contributed by atoms with van der Waals surface area (Å²) in [6.07, 6.45) is 3.60. The highest BCUT2D eigenvalue weighted by molar-refractivity contribution is 6.30. The van der Waals surface area contributed by atoms with Gasteiger partial charge in [0.05, 0.1) is 0 Å². The van der Waals surface area contributed by atoms with E-state index in [-0.39, 0.29) is 11.2 Å². The van der Waals surface area contributed by atoms with Gasteiger partial charge < -0.3 is 11.1 Å². The Morgan fingerprint density at radius 1 is 1.41 bits per heavy atom. The third kappa shape index (κ3) is 2.97. The van der Waals surface area contributed by atoms with Crippen LogP contribution in [0.25, 0.3) is 0 Å². The largest absolute Gasteiger partial charge is 0.330 e. The van der Waals surface area contributed by atoms with Gasteiger partial charge in [0, 0.05) is 23.7 Å². The fraction of sp³-hybridized carbons (Fsp3) is 0.538. The molecule has 1 aromatic rings. The molecular weight excluding hydrogens is 239 g/mol. The summed E-state index contributed by atoms with van der Waals surface area (Å²) in [6, 6.07) is 4.63. The van der Waals surface area contributed by atoms with E-state index in [0.717, 1.165) is 6.54 Å². The summed E-state index contributed by atoms with van der Waals surface area (Å²) in [4.78, 5) is 0. The molecule has 2 nitrogen and oxygen atoms in total. The Morgan fingerprint density at radius 3 is 2.76 bits per heavy atom. The highest BCUT2D eigenvalue weighted by Gasteiger charge is 2.34. The molecule has 1 aliphatic rings. The van der Waals surface area contributed by atoms with Gasteiger partial charge in [-0.15, -0.1) is 0 Å². The molecule has 2 rings (SSSR count). The molecule has 0 aromatic heterocycles. The maximum atomic E-state index is 13.4. The topological polar surface area (TPSA) is 38.0 Å². The summed E-state index contributed by atoms with van der Waals surface area (Å²) in [6.45, 7) is 2.07. The van der Waals surface area contributed by atoms with Crippen LogP contribution in [0.3, 0.4) is 0 Å². The van der Waals surface area contributed by atoms with Crippen LogP contribution in [0.15, 0.2) is 18.2 Å². The minimum atomic E-state index is -0.211. The van der Waals surface area contributed by atoms with Crippen molar-refractivity contribution in [3.63, 3.8) is 0 Å². The first-order valence-corrected chi connectivity index (χ1v) is 6.38. The number of rotatable bonds is 5. The Bertz CT molecular complexity index is 385. The van der Waals surface area contributed by atoms with Crippen LogP contribution in [-0.2, 0) is 6.54 Å². The van der Waals surface area contributed by atoms with E-state index in [4.69, 9.17) is 17.3 Å². The quantitative estimate of drug-likeness (QED) is 0.850. The maximum absolute atomic E-state index is 13.4. The zero-order valence-corrected chi connectivity index (χ0v) is 10.6. The SMILES string of the molecule is NCC1(CNCc2cc(Cl)ccc2F)CCC1. The molecular formula is C13H18ClFN2. The third-order valence-electron chi connectivity index (χ3n) is 3.67. The summed E-state index contributed by atoms with van der Waals surface area (Å²) < 4.78 is 13.4. The van der Waals surface area contributed by atoms with E-state index in [2.05, 4.69) is 5.32 Å². The summed E-state index contributed by atoms with van der Waals surface area (Å²) in [5.74, 6) is -0.211. The van der Waals surface area contributed by atoms with Gasteiger partial charge in [-0.3, -0.25) is 0 Å². The molecule has 0 amide bonds. The van der Waals surface area contributed by atoms with Crippen LogP contribution >= 0.6 is 11.6 Å². The van der Waals surface area contributed by atoms with E-state index in [1.54, 1.807) is 12.1 Å². The highest BCUT2D eigenvalue weighted by atomic mass is 35.5. The maximum Gasteiger partial charge on any atom is 0.127 e. The van der Waals surface area contributed by atoms with Gasteiger partial charge in [-0.2, -0.15) is 0 Å². The van der Waals surface area contributed by atoms with E-state index in [1.807, 2.05) is 0 Å². The Morgan fingerprint density at radius 2 is 2.18 bits per heavy atom. The van der Waals surface area contributed by atoms with Gasteiger partial charge in [0.15, 0.2) is 0 Å². The van der Waals surface area contributed by atoms with Gasteiger partial charge in [0.1, 0.15) is 5.82 Å². The van der Waals surface area contributed by atoms with Gasteiger partial charge in [0.2, 0.25) is 0 Å². The van der Waals surface area contributed by atoms with Crippen LogP contribution in [0.4, 0.5) is 4.39 Å². The molecule has 1 fully saturated rings. The molecule has 0 spiro atoms. The number of nitrogens with two attached hydrogens (primary N) is 1. The second-order valence-corrected chi connectivity index (χ2v) is 5.33. The van der Waals surface area contributed by atoms with Gasteiger partial charge in [-0.05, 0) is 43.0 Å². The second kappa shape index (κ2) is 5.34. The van der Waals surface area contributed by atoms with Gasteiger partial charge in [-0.25, -0.2) is 4.39 Å².